The van der Waals surface area contributed by atoms with Gasteiger partial charge < -0.3 is 9.15 Å². The molecular formula is C27H24O4. The molecule has 0 saturated carbocycles. The third-order valence-electron chi connectivity index (χ3n) is 5.25. The lowest BCUT2D eigenvalue weighted by atomic mass is 9.87. The van der Waals surface area contributed by atoms with Gasteiger partial charge in [-0.3, -0.25) is 4.79 Å². The summed E-state index contributed by atoms with van der Waals surface area (Å²) in [5.74, 6) is -0.466. The van der Waals surface area contributed by atoms with E-state index in [4.69, 9.17) is 9.15 Å². The van der Waals surface area contributed by atoms with E-state index in [9.17, 15) is 9.59 Å². The molecule has 0 amide bonds. The van der Waals surface area contributed by atoms with E-state index in [0.717, 1.165) is 11.1 Å². The number of carbonyl (C=O) groups is 1. The molecule has 0 N–H and O–H groups in total. The number of para-hydroxylation sites is 1. The topological polar surface area (TPSA) is 56.5 Å². The standard InChI is InChI=1S/C27H24O4/c1-17-9-11-18(12-10-17)24-25(23(28)21-7-5-6-8-22(21)30-24)31-26(29)19-13-15-20(16-14-19)27(2,3)4/h5-16H,1-4H3. The number of aryl methyl sites for hydroxylation is 1. The maximum atomic E-state index is 13.2. The zero-order chi connectivity index (χ0) is 22.2. The normalized spacial score (nSPS) is 11.5. The molecule has 0 fully saturated rings. The lowest BCUT2D eigenvalue weighted by molar-refractivity contribution is 0.0731. The van der Waals surface area contributed by atoms with E-state index in [0.29, 0.717) is 22.1 Å². The van der Waals surface area contributed by atoms with Crippen molar-refractivity contribution in [2.24, 2.45) is 0 Å². The van der Waals surface area contributed by atoms with Crippen molar-refractivity contribution in [2.75, 3.05) is 0 Å². The number of ether oxygens (including phenoxy) is 1. The molecule has 0 radical (unpaired) electrons. The van der Waals surface area contributed by atoms with Crippen LogP contribution in [0.1, 0.15) is 42.3 Å². The minimum Gasteiger partial charge on any atom is -0.452 e. The Labute approximate surface area is 181 Å². The van der Waals surface area contributed by atoms with Crippen LogP contribution in [0.4, 0.5) is 0 Å². The van der Waals surface area contributed by atoms with Crippen molar-refractivity contribution in [1.82, 2.24) is 0 Å². The Morgan fingerprint density at radius 1 is 0.871 bits per heavy atom. The average molecular weight is 412 g/mol. The summed E-state index contributed by atoms with van der Waals surface area (Å²) in [5.41, 5.74) is 3.25. The fourth-order valence-corrected chi connectivity index (χ4v) is 3.37. The summed E-state index contributed by atoms with van der Waals surface area (Å²) in [5, 5.41) is 0.365. The highest BCUT2D eigenvalue weighted by Gasteiger charge is 2.22. The van der Waals surface area contributed by atoms with Crippen LogP contribution in [0.15, 0.2) is 82.0 Å². The van der Waals surface area contributed by atoms with Crippen molar-refractivity contribution in [3.05, 3.63) is 99.7 Å². The molecule has 4 nitrogen and oxygen atoms in total. The molecule has 0 aliphatic carbocycles. The number of carbonyl (C=O) groups excluding carboxylic acids is 1. The van der Waals surface area contributed by atoms with Crippen LogP contribution in [-0.2, 0) is 5.41 Å². The molecule has 0 aliphatic rings. The molecule has 156 valence electrons. The largest absolute Gasteiger partial charge is 0.452 e. The van der Waals surface area contributed by atoms with Crippen molar-refractivity contribution in [3.8, 4) is 17.1 Å². The Kier molecular flexibility index (Phi) is 5.24. The number of fused-ring (bicyclic) bond motifs is 1. The zero-order valence-electron chi connectivity index (χ0n) is 18.1. The van der Waals surface area contributed by atoms with Gasteiger partial charge in [-0.2, -0.15) is 0 Å². The highest BCUT2D eigenvalue weighted by Crippen LogP contribution is 2.31. The third kappa shape index (κ3) is 4.15. The van der Waals surface area contributed by atoms with Gasteiger partial charge in [0.2, 0.25) is 11.2 Å². The predicted octanol–water partition coefficient (Wildman–Crippen LogP) is 6.29. The van der Waals surface area contributed by atoms with E-state index >= 15 is 0 Å². The van der Waals surface area contributed by atoms with Crippen LogP contribution < -0.4 is 10.2 Å². The summed E-state index contributed by atoms with van der Waals surface area (Å²) in [4.78, 5) is 26.1. The first-order chi connectivity index (χ1) is 14.7. The smallest absolute Gasteiger partial charge is 0.343 e. The zero-order valence-corrected chi connectivity index (χ0v) is 18.1. The first-order valence-electron chi connectivity index (χ1n) is 10.2. The lowest BCUT2D eigenvalue weighted by Gasteiger charge is -2.19. The summed E-state index contributed by atoms with van der Waals surface area (Å²) in [6.45, 7) is 8.29. The van der Waals surface area contributed by atoms with E-state index in [1.54, 1.807) is 36.4 Å². The maximum Gasteiger partial charge on any atom is 0.343 e. The molecule has 0 aliphatic heterocycles. The molecule has 31 heavy (non-hydrogen) atoms. The molecule has 4 heteroatoms. The van der Waals surface area contributed by atoms with Crippen molar-refractivity contribution in [3.63, 3.8) is 0 Å². The summed E-state index contributed by atoms with van der Waals surface area (Å²) < 4.78 is 11.7. The second-order valence-electron chi connectivity index (χ2n) is 8.67. The minimum atomic E-state index is -0.601. The van der Waals surface area contributed by atoms with E-state index in [1.807, 2.05) is 43.3 Å². The van der Waals surface area contributed by atoms with Gasteiger partial charge >= 0.3 is 5.97 Å². The summed E-state index contributed by atoms with van der Waals surface area (Å²) >= 11 is 0. The molecule has 1 aromatic heterocycles. The Balaban J connectivity index is 1.79. The van der Waals surface area contributed by atoms with Crippen LogP contribution in [-0.4, -0.2) is 5.97 Å². The minimum absolute atomic E-state index is 0.0273. The number of rotatable bonds is 3. The van der Waals surface area contributed by atoms with Crippen LogP contribution in [0.5, 0.6) is 5.75 Å². The molecular weight excluding hydrogens is 388 g/mol. The SMILES string of the molecule is Cc1ccc(-c2oc3ccccc3c(=O)c2OC(=O)c2ccc(C(C)(C)C)cc2)cc1. The number of benzene rings is 3. The molecule has 0 saturated heterocycles. The first-order valence-corrected chi connectivity index (χ1v) is 10.2. The van der Waals surface area contributed by atoms with Crippen LogP contribution in [0.2, 0.25) is 0 Å². The Morgan fingerprint density at radius 3 is 2.16 bits per heavy atom. The molecule has 0 bridgehead atoms. The van der Waals surface area contributed by atoms with Crippen molar-refractivity contribution in [1.29, 1.82) is 0 Å². The monoisotopic (exact) mass is 412 g/mol. The van der Waals surface area contributed by atoms with Gasteiger partial charge in [0.05, 0.1) is 10.9 Å². The van der Waals surface area contributed by atoms with Crippen molar-refractivity contribution in [2.45, 2.75) is 33.1 Å². The highest BCUT2D eigenvalue weighted by molar-refractivity contribution is 5.93. The second-order valence-corrected chi connectivity index (χ2v) is 8.67. The summed E-state index contributed by atoms with van der Waals surface area (Å²) in [6, 6.07) is 21.7. The Bertz CT molecular complexity index is 1300. The van der Waals surface area contributed by atoms with E-state index in [2.05, 4.69) is 20.8 Å². The Hall–Kier alpha value is -3.66. The first kappa shape index (κ1) is 20.6. The van der Waals surface area contributed by atoms with Crippen molar-refractivity contribution >= 4 is 16.9 Å². The lowest BCUT2D eigenvalue weighted by Crippen LogP contribution is -2.17. The van der Waals surface area contributed by atoms with Gasteiger partial charge in [0.1, 0.15) is 5.58 Å². The molecule has 0 spiro atoms. The van der Waals surface area contributed by atoms with Crippen LogP contribution in [0.25, 0.3) is 22.3 Å². The fraction of sp³-hybridized carbons (Fsp3) is 0.185. The quantitative estimate of drug-likeness (QED) is 0.371. The number of hydrogen-bond donors (Lipinski definition) is 0. The summed E-state index contributed by atoms with van der Waals surface area (Å²) in [6.07, 6.45) is 0. The predicted molar refractivity (Wildman–Crippen MR) is 123 cm³/mol. The molecule has 4 rings (SSSR count). The third-order valence-corrected chi connectivity index (χ3v) is 5.25. The highest BCUT2D eigenvalue weighted by atomic mass is 16.5. The molecule has 1 heterocycles. The van der Waals surface area contributed by atoms with Gasteiger partial charge in [0.25, 0.3) is 0 Å². The van der Waals surface area contributed by atoms with Gasteiger partial charge in [-0.25, -0.2) is 4.79 Å². The van der Waals surface area contributed by atoms with Crippen LogP contribution in [0, 0.1) is 6.92 Å². The second kappa shape index (κ2) is 7.88. The van der Waals surface area contributed by atoms with E-state index in [-0.39, 0.29) is 22.4 Å². The maximum absolute atomic E-state index is 13.2. The summed E-state index contributed by atoms with van der Waals surface area (Å²) in [7, 11) is 0. The van der Waals surface area contributed by atoms with Crippen LogP contribution in [0.3, 0.4) is 0 Å². The molecule has 0 atom stereocenters. The van der Waals surface area contributed by atoms with Gasteiger partial charge in [0.15, 0.2) is 5.76 Å². The molecule has 3 aromatic carbocycles. The van der Waals surface area contributed by atoms with Crippen LogP contribution >= 0.6 is 0 Å². The average Bonchev–Trinajstić information content (AvgIpc) is 2.75. The number of hydrogen-bond acceptors (Lipinski definition) is 4. The molecule has 0 unspecified atom stereocenters. The Morgan fingerprint density at radius 2 is 1.52 bits per heavy atom. The molecule has 4 aromatic rings. The number of esters is 1. The van der Waals surface area contributed by atoms with Gasteiger partial charge in [0, 0.05) is 5.56 Å². The van der Waals surface area contributed by atoms with Gasteiger partial charge in [-0.05, 0) is 42.2 Å². The van der Waals surface area contributed by atoms with Gasteiger partial charge in [-0.1, -0.05) is 74.9 Å². The van der Waals surface area contributed by atoms with E-state index < -0.39 is 5.97 Å². The van der Waals surface area contributed by atoms with Crippen molar-refractivity contribution < 1.29 is 13.9 Å². The fourth-order valence-electron chi connectivity index (χ4n) is 3.37. The van der Waals surface area contributed by atoms with Gasteiger partial charge in [-0.15, -0.1) is 0 Å². The van der Waals surface area contributed by atoms with E-state index in [1.165, 1.54) is 0 Å².